The third-order valence-electron chi connectivity index (χ3n) is 7.36. The quantitative estimate of drug-likeness (QED) is 0.432. The van der Waals surface area contributed by atoms with Gasteiger partial charge >= 0.3 is 0 Å². The van der Waals surface area contributed by atoms with E-state index >= 15 is 0 Å². The molecule has 0 spiro atoms. The zero-order valence-corrected chi connectivity index (χ0v) is 21.2. The largest absolute Gasteiger partial charge is 0.367 e. The van der Waals surface area contributed by atoms with Gasteiger partial charge in [0.25, 0.3) is 0 Å². The summed E-state index contributed by atoms with van der Waals surface area (Å²) in [5, 5.41) is 6.19. The number of piperazine rings is 1. The molecular weight excluding hydrogens is 472 g/mol. The summed E-state index contributed by atoms with van der Waals surface area (Å²) < 4.78 is 29.1. The first-order chi connectivity index (χ1) is 17.5. The van der Waals surface area contributed by atoms with Gasteiger partial charge in [-0.2, -0.15) is 9.29 Å². The molecule has 36 heavy (non-hydrogen) atoms. The van der Waals surface area contributed by atoms with Gasteiger partial charge in [-0.1, -0.05) is 37.1 Å². The van der Waals surface area contributed by atoms with E-state index < -0.39 is 10.0 Å². The number of sulfonamides is 1. The molecule has 9 heteroatoms. The number of pyridine rings is 1. The monoisotopic (exact) mass is 502 g/mol. The number of anilines is 2. The number of hydrogen-bond donors (Lipinski definition) is 1. The van der Waals surface area contributed by atoms with Crippen LogP contribution in [0.15, 0.2) is 65.8 Å². The molecule has 1 aliphatic carbocycles. The molecule has 1 saturated heterocycles. The first-order valence-electron chi connectivity index (χ1n) is 12.6. The summed E-state index contributed by atoms with van der Waals surface area (Å²) in [5.74, 6) is 1.52. The summed E-state index contributed by atoms with van der Waals surface area (Å²) in [4.78, 5) is 16.4. The molecular formula is C27H30N6O2S. The summed E-state index contributed by atoms with van der Waals surface area (Å²) in [6, 6.07) is 15.4. The number of nitrogens with one attached hydrogen (secondary N) is 1. The molecule has 2 aromatic heterocycles. The van der Waals surface area contributed by atoms with E-state index in [1.54, 1.807) is 34.9 Å². The molecule has 0 amide bonds. The van der Waals surface area contributed by atoms with E-state index in [0.717, 1.165) is 34.9 Å². The molecule has 0 radical (unpaired) electrons. The Morgan fingerprint density at radius 3 is 2.61 bits per heavy atom. The summed E-state index contributed by atoms with van der Waals surface area (Å²) in [7, 11) is -3.68. The molecule has 0 bridgehead atoms. The van der Waals surface area contributed by atoms with Crippen LogP contribution in [0.25, 0.3) is 21.7 Å². The van der Waals surface area contributed by atoms with E-state index in [9.17, 15) is 8.42 Å². The third-order valence-corrected chi connectivity index (χ3v) is 9.44. The Morgan fingerprint density at radius 2 is 1.78 bits per heavy atom. The first-order valence-corrected chi connectivity index (χ1v) is 14.1. The minimum absolute atomic E-state index is 0.234. The van der Waals surface area contributed by atoms with Crippen LogP contribution < -0.4 is 10.2 Å². The van der Waals surface area contributed by atoms with Crippen molar-refractivity contribution in [1.82, 2.24) is 19.3 Å². The van der Waals surface area contributed by atoms with E-state index in [-0.39, 0.29) is 6.04 Å². The van der Waals surface area contributed by atoms with Gasteiger partial charge in [0.05, 0.1) is 10.4 Å². The van der Waals surface area contributed by atoms with E-state index in [4.69, 9.17) is 9.97 Å². The number of para-hydroxylation sites is 1. The molecule has 3 heterocycles. The maximum Gasteiger partial charge on any atom is 0.244 e. The van der Waals surface area contributed by atoms with E-state index in [1.807, 2.05) is 31.2 Å². The first kappa shape index (κ1) is 23.1. The van der Waals surface area contributed by atoms with Gasteiger partial charge in [0.2, 0.25) is 16.0 Å². The Hall–Kier alpha value is -3.30. The maximum absolute atomic E-state index is 13.7. The summed E-state index contributed by atoms with van der Waals surface area (Å²) >= 11 is 0. The van der Waals surface area contributed by atoms with Crippen molar-refractivity contribution in [3.63, 3.8) is 0 Å². The Kier molecular flexibility index (Phi) is 5.97. The zero-order chi connectivity index (χ0) is 24.7. The fourth-order valence-electron chi connectivity index (χ4n) is 5.50. The molecule has 186 valence electrons. The fourth-order valence-corrected chi connectivity index (χ4v) is 7.33. The highest BCUT2D eigenvalue weighted by Gasteiger charge is 2.35. The van der Waals surface area contributed by atoms with Crippen LogP contribution >= 0.6 is 0 Å². The van der Waals surface area contributed by atoms with Crippen molar-refractivity contribution in [2.45, 2.75) is 49.6 Å². The van der Waals surface area contributed by atoms with Crippen LogP contribution in [0.3, 0.4) is 0 Å². The van der Waals surface area contributed by atoms with E-state index in [2.05, 4.69) is 21.3 Å². The van der Waals surface area contributed by atoms with Crippen LogP contribution in [0.1, 0.15) is 32.6 Å². The minimum Gasteiger partial charge on any atom is -0.367 e. The molecule has 6 rings (SSSR count). The molecule has 2 aromatic carbocycles. The number of benzene rings is 2. The minimum atomic E-state index is -3.68. The van der Waals surface area contributed by atoms with Gasteiger partial charge in [-0.15, -0.1) is 0 Å². The Bertz CT molecular complexity index is 1510. The van der Waals surface area contributed by atoms with Crippen molar-refractivity contribution in [2.24, 2.45) is 0 Å². The molecule has 1 unspecified atom stereocenters. The van der Waals surface area contributed by atoms with Gasteiger partial charge in [0.15, 0.2) is 0 Å². The summed E-state index contributed by atoms with van der Waals surface area (Å²) in [6.45, 7) is 3.37. The van der Waals surface area contributed by atoms with Crippen molar-refractivity contribution in [3.05, 3.63) is 60.9 Å². The highest BCUT2D eigenvalue weighted by molar-refractivity contribution is 7.89. The van der Waals surface area contributed by atoms with Crippen molar-refractivity contribution in [1.29, 1.82) is 0 Å². The molecule has 4 aromatic rings. The smallest absolute Gasteiger partial charge is 0.244 e. The van der Waals surface area contributed by atoms with Gasteiger partial charge in [-0.05, 0) is 44.0 Å². The molecule has 1 atom stereocenters. The van der Waals surface area contributed by atoms with Crippen LogP contribution in [0.2, 0.25) is 0 Å². The zero-order valence-electron chi connectivity index (χ0n) is 20.3. The second kappa shape index (κ2) is 9.29. The number of rotatable bonds is 5. The molecule has 1 saturated carbocycles. The van der Waals surface area contributed by atoms with E-state index in [1.165, 1.54) is 12.8 Å². The average Bonchev–Trinajstić information content (AvgIpc) is 3.41. The van der Waals surface area contributed by atoms with Crippen LogP contribution in [0.5, 0.6) is 0 Å². The molecule has 2 fully saturated rings. The van der Waals surface area contributed by atoms with Crippen molar-refractivity contribution in [2.75, 3.05) is 29.9 Å². The second-order valence-corrected chi connectivity index (χ2v) is 11.6. The number of hydrogen-bond acceptors (Lipinski definition) is 7. The van der Waals surface area contributed by atoms with Crippen LogP contribution in [0.4, 0.5) is 11.8 Å². The van der Waals surface area contributed by atoms with Gasteiger partial charge in [0, 0.05) is 60.3 Å². The van der Waals surface area contributed by atoms with Crippen LogP contribution in [-0.2, 0) is 10.0 Å². The average molecular weight is 503 g/mol. The molecule has 8 nitrogen and oxygen atoms in total. The molecule has 1 N–H and O–H groups in total. The number of aromatic nitrogens is 3. The highest BCUT2D eigenvalue weighted by Crippen LogP contribution is 2.31. The topological polar surface area (TPSA) is 91.3 Å². The predicted molar refractivity (Wildman–Crippen MR) is 143 cm³/mol. The van der Waals surface area contributed by atoms with Gasteiger partial charge in [0.1, 0.15) is 5.82 Å². The lowest BCUT2D eigenvalue weighted by Gasteiger charge is -2.39. The SMILES string of the molecule is CC1CN(c2nc(NC3CCCC3)c3ccccc3n2)CCN1S(=O)(=O)c1cccc2cnccc12. The van der Waals surface area contributed by atoms with Crippen LogP contribution in [-0.4, -0.2) is 59.4 Å². The van der Waals surface area contributed by atoms with Crippen molar-refractivity contribution >= 4 is 43.5 Å². The lowest BCUT2D eigenvalue weighted by molar-refractivity contribution is 0.305. The van der Waals surface area contributed by atoms with Gasteiger partial charge in [-0.3, -0.25) is 4.98 Å². The van der Waals surface area contributed by atoms with Gasteiger partial charge < -0.3 is 10.2 Å². The number of fused-ring (bicyclic) bond motifs is 2. The van der Waals surface area contributed by atoms with Crippen LogP contribution in [0, 0.1) is 0 Å². The Balaban J connectivity index is 1.28. The van der Waals surface area contributed by atoms with E-state index in [0.29, 0.717) is 41.9 Å². The summed E-state index contributed by atoms with van der Waals surface area (Å²) in [6.07, 6.45) is 8.14. The Morgan fingerprint density at radius 1 is 0.944 bits per heavy atom. The Labute approximate surface area is 211 Å². The fraction of sp³-hybridized carbons (Fsp3) is 0.370. The number of nitrogens with zero attached hydrogens (tertiary/aromatic N) is 5. The predicted octanol–water partition coefficient (Wildman–Crippen LogP) is 4.43. The van der Waals surface area contributed by atoms with Crippen molar-refractivity contribution in [3.8, 4) is 0 Å². The van der Waals surface area contributed by atoms with Gasteiger partial charge in [-0.25, -0.2) is 13.4 Å². The molecule has 1 aliphatic heterocycles. The summed E-state index contributed by atoms with van der Waals surface area (Å²) in [5.41, 5.74) is 0.898. The highest BCUT2D eigenvalue weighted by atomic mass is 32.2. The second-order valence-electron chi connectivity index (χ2n) is 9.78. The van der Waals surface area contributed by atoms with Crippen molar-refractivity contribution < 1.29 is 8.42 Å². The maximum atomic E-state index is 13.7. The molecule has 2 aliphatic rings. The lowest BCUT2D eigenvalue weighted by atomic mass is 10.2. The normalized spacial score (nSPS) is 19.8. The standard InChI is InChI=1S/C27H30N6O2S/c1-19-18-32(15-16-33(19)36(34,35)25-12-6-7-20-17-28-14-13-22(20)25)27-30-24-11-5-4-10-23(24)26(31-27)29-21-8-2-3-9-21/h4-7,10-14,17,19,21H,2-3,8-9,15-16,18H2,1H3,(H,29,30,31). The lowest BCUT2D eigenvalue weighted by Crippen LogP contribution is -2.54. The third kappa shape index (κ3) is 4.16.